The largest absolute Gasteiger partial charge is 0.504 e. The van der Waals surface area contributed by atoms with Gasteiger partial charge in [0.05, 0.1) is 19.2 Å². The number of rotatable bonds is 4. The number of phenols is 1. The minimum atomic E-state index is -0.249. The Morgan fingerprint density at radius 3 is 2.42 bits per heavy atom. The Labute approximate surface area is 118 Å². The Morgan fingerprint density at radius 2 is 1.95 bits per heavy atom. The number of hydrogen-bond donors (Lipinski definition) is 2. The van der Waals surface area contributed by atoms with Crippen LogP contribution in [0, 0.1) is 0 Å². The highest BCUT2D eigenvalue weighted by atomic mass is 35.5. The van der Waals surface area contributed by atoms with Gasteiger partial charge in [0.15, 0.2) is 11.5 Å². The maximum Gasteiger partial charge on any atom is 0.203 e. The zero-order valence-corrected chi connectivity index (χ0v) is 12.1. The van der Waals surface area contributed by atoms with Crippen molar-refractivity contribution in [1.82, 2.24) is 0 Å². The van der Waals surface area contributed by atoms with E-state index >= 15 is 0 Å². The molecule has 1 aliphatic carbocycles. The lowest BCUT2D eigenvalue weighted by Gasteiger charge is -2.30. The van der Waals surface area contributed by atoms with Gasteiger partial charge in [0.1, 0.15) is 0 Å². The maximum absolute atomic E-state index is 10.5. The standard InChI is InChI=1S/C14H20ClNO3/c1-18-10-7-9(15)11(12(17)13(10)19-2)14(8-16)5-3-4-6-14/h7,17H,3-6,8,16H2,1-2H3. The zero-order chi connectivity index (χ0) is 14.0. The molecule has 1 aliphatic rings. The lowest BCUT2D eigenvalue weighted by molar-refractivity contribution is 0.323. The van der Waals surface area contributed by atoms with E-state index in [2.05, 4.69) is 0 Å². The summed E-state index contributed by atoms with van der Waals surface area (Å²) in [6.45, 7) is 0.468. The molecule has 1 aromatic rings. The number of nitrogens with two attached hydrogens (primary N) is 1. The number of hydrogen-bond acceptors (Lipinski definition) is 4. The second kappa shape index (κ2) is 5.47. The van der Waals surface area contributed by atoms with Gasteiger partial charge in [0.2, 0.25) is 5.75 Å². The number of methoxy groups -OCH3 is 2. The molecule has 1 aromatic carbocycles. The number of halogens is 1. The molecule has 0 aliphatic heterocycles. The average molecular weight is 286 g/mol. The van der Waals surface area contributed by atoms with E-state index in [9.17, 15) is 5.11 Å². The second-order valence-electron chi connectivity index (χ2n) is 5.01. The SMILES string of the molecule is COc1cc(Cl)c(C2(CN)CCCC2)c(O)c1OC. The Morgan fingerprint density at radius 1 is 1.32 bits per heavy atom. The van der Waals surface area contributed by atoms with E-state index in [1.54, 1.807) is 6.07 Å². The molecular weight excluding hydrogens is 266 g/mol. The van der Waals surface area contributed by atoms with Crippen molar-refractivity contribution in [1.29, 1.82) is 0 Å². The molecule has 2 rings (SSSR count). The summed E-state index contributed by atoms with van der Waals surface area (Å²) in [4.78, 5) is 0. The van der Waals surface area contributed by atoms with Crippen molar-refractivity contribution in [3.8, 4) is 17.2 Å². The molecule has 0 heterocycles. The van der Waals surface area contributed by atoms with Crippen LogP contribution in [0.3, 0.4) is 0 Å². The van der Waals surface area contributed by atoms with Gasteiger partial charge in [0, 0.05) is 23.6 Å². The van der Waals surface area contributed by atoms with Crippen molar-refractivity contribution in [2.24, 2.45) is 5.73 Å². The lowest BCUT2D eigenvalue weighted by atomic mass is 9.78. The predicted octanol–water partition coefficient (Wildman–Crippen LogP) is 2.83. The van der Waals surface area contributed by atoms with Crippen molar-refractivity contribution in [2.45, 2.75) is 31.1 Å². The molecule has 4 nitrogen and oxygen atoms in total. The summed E-state index contributed by atoms with van der Waals surface area (Å²) < 4.78 is 10.4. The van der Waals surface area contributed by atoms with Crippen LogP contribution in [0.2, 0.25) is 5.02 Å². The van der Waals surface area contributed by atoms with Crippen molar-refractivity contribution < 1.29 is 14.6 Å². The quantitative estimate of drug-likeness (QED) is 0.893. The van der Waals surface area contributed by atoms with E-state index in [4.69, 9.17) is 26.8 Å². The molecule has 0 spiro atoms. The molecule has 0 atom stereocenters. The molecule has 0 amide bonds. The first-order valence-corrected chi connectivity index (χ1v) is 6.81. The summed E-state index contributed by atoms with van der Waals surface area (Å²) in [6, 6.07) is 1.69. The third kappa shape index (κ3) is 2.23. The molecule has 19 heavy (non-hydrogen) atoms. The first-order chi connectivity index (χ1) is 9.09. The number of aromatic hydroxyl groups is 1. The van der Waals surface area contributed by atoms with Crippen LogP contribution in [-0.4, -0.2) is 25.9 Å². The number of phenolic OH excluding ortho intramolecular Hbond substituents is 1. The molecule has 0 unspecified atom stereocenters. The first-order valence-electron chi connectivity index (χ1n) is 6.43. The van der Waals surface area contributed by atoms with E-state index in [1.165, 1.54) is 14.2 Å². The molecule has 1 saturated carbocycles. The average Bonchev–Trinajstić information content (AvgIpc) is 2.88. The Bertz CT molecular complexity index is 470. The van der Waals surface area contributed by atoms with E-state index in [0.29, 0.717) is 28.6 Å². The van der Waals surface area contributed by atoms with Gasteiger partial charge in [-0.3, -0.25) is 0 Å². The molecule has 0 radical (unpaired) electrons. The normalized spacial score (nSPS) is 17.5. The van der Waals surface area contributed by atoms with Gasteiger partial charge < -0.3 is 20.3 Å². The fourth-order valence-corrected chi connectivity index (χ4v) is 3.45. The summed E-state index contributed by atoms with van der Waals surface area (Å²) in [5.74, 6) is 0.805. The third-order valence-corrected chi connectivity index (χ3v) is 4.38. The van der Waals surface area contributed by atoms with Crippen LogP contribution in [0.5, 0.6) is 17.2 Å². The molecule has 3 N–H and O–H groups in total. The van der Waals surface area contributed by atoms with Crippen LogP contribution < -0.4 is 15.2 Å². The lowest BCUT2D eigenvalue weighted by Crippen LogP contribution is -2.32. The highest BCUT2D eigenvalue weighted by Gasteiger charge is 2.39. The first kappa shape index (κ1) is 14.3. The summed E-state index contributed by atoms with van der Waals surface area (Å²) in [5, 5.41) is 11.0. The van der Waals surface area contributed by atoms with Gasteiger partial charge in [0.25, 0.3) is 0 Å². The Balaban J connectivity index is 2.63. The number of benzene rings is 1. The van der Waals surface area contributed by atoms with Crippen LogP contribution in [-0.2, 0) is 5.41 Å². The van der Waals surface area contributed by atoms with Crippen molar-refractivity contribution in [2.75, 3.05) is 20.8 Å². The minimum Gasteiger partial charge on any atom is -0.504 e. The molecule has 106 valence electrons. The van der Waals surface area contributed by atoms with E-state index in [-0.39, 0.29) is 11.2 Å². The van der Waals surface area contributed by atoms with Crippen LogP contribution in [0.1, 0.15) is 31.2 Å². The van der Waals surface area contributed by atoms with Gasteiger partial charge in [-0.1, -0.05) is 24.4 Å². The molecule has 0 bridgehead atoms. The Hall–Kier alpha value is -1.13. The summed E-state index contributed by atoms with van der Waals surface area (Å²) >= 11 is 6.34. The molecular formula is C14H20ClNO3. The van der Waals surface area contributed by atoms with E-state index < -0.39 is 0 Å². The molecule has 5 heteroatoms. The van der Waals surface area contributed by atoms with Gasteiger partial charge in [-0.15, -0.1) is 0 Å². The van der Waals surface area contributed by atoms with Crippen LogP contribution in [0.15, 0.2) is 6.07 Å². The van der Waals surface area contributed by atoms with E-state index in [0.717, 1.165) is 25.7 Å². The fraction of sp³-hybridized carbons (Fsp3) is 0.571. The minimum absolute atomic E-state index is 0.0548. The Kier molecular flexibility index (Phi) is 4.11. The second-order valence-corrected chi connectivity index (χ2v) is 5.42. The van der Waals surface area contributed by atoms with E-state index in [1.807, 2.05) is 0 Å². The predicted molar refractivity (Wildman–Crippen MR) is 75.4 cm³/mol. The van der Waals surface area contributed by atoms with Crippen molar-refractivity contribution in [3.05, 3.63) is 16.7 Å². The van der Waals surface area contributed by atoms with Gasteiger partial charge in [-0.25, -0.2) is 0 Å². The van der Waals surface area contributed by atoms with Crippen molar-refractivity contribution >= 4 is 11.6 Å². The number of ether oxygens (including phenoxy) is 2. The summed E-state index contributed by atoms with van der Waals surface area (Å²) in [7, 11) is 3.01. The van der Waals surface area contributed by atoms with Crippen LogP contribution in [0.4, 0.5) is 0 Å². The summed E-state index contributed by atoms with van der Waals surface area (Å²) in [5.41, 5.74) is 6.41. The van der Waals surface area contributed by atoms with Gasteiger partial charge in [-0.05, 0) is 12.8 Å². The third-order valence-electron chi connectivity index (χ3n) is 4.08. The summed E-state index contributed by atoms with van der Waals surface area (Å²) in [6.07, 6.45) is 4.07. The molecule has 0 aromatic heterocycles. The van der Waals surface area contributed by atoms with Crippen LogP contribution in [0.25, 0.3) is 0 Å². The zero-order valence-electron chi connectivity index (χ0n) is 11.3. The van der Waals surface area contributed by atoms with Gasteiger partial charge >= 0.3 is 0 Å². The monoisotopic (exact) mass is 285 g/mol. The van der Waals surface area contributed by atoms with Gasteiger partial charge in [-0.2, -0.15) is 0 Å². The highest BCUT2D eigenvalue weighted by molar-refractivity contribution is 6.32. The maximum atomic E-state index is 10.5. The van der Waals surface area contributed by atoms with Crippen molar-refractivity contribution in [3.63, 3.8) is 0 Å². The smallest absolute Gasteiger partial charge is 0.203 e. The molecule has 1 fully saturated rings. The molecule has 0 saturated heterocycles. The fourth-order valence-electron chi connectivity index (χ4n) is 3.06. The highest BCUT2D eigenvalue weighted by Crippen LogP contribution is 2.52. The topological polar surface area (TPSA) is 64.7 Å². The van der Waals surface area contributed by atoms with Crippen LogP contribution >= 0.6 is 11.6 Å².